The van der Waals surface area contributed by atoms with E-state index in [0.29, 0.717) is 5.56 Å². The Labute approximate surface area is 119 Å². The molecule has 4 nitrogen and oxygen atoms in total. The molecule has 2 aromatic rings. The van der Waals surface area contributed by atoms with Gasteiger partial charge in [-0.25, -0.2) is 0 Å². The number of rotatable bonds is 3. The molecule has 0 radical (unpaired) electrons. The first-order valence-electron chi connectivity index (χ1n) is 6.19. The van der Waals surface area contributed by atoms with Crippen molar-refractivity contribution in [3.8, 4) is 11.3 Å². The van der Waals surface area contributed by atoms with Crippen LogP contribution in [-0.4, -0.2) is 35.1 Å². The predicted octanol–water partition coefficient (Wildman–Crippen LogP) is 2.73. The minimum Gasteiger partial charge on any atom is -0.349 e. The summed E-state index contributed by atoms with van der Waals surface area (Å²) in [7, 11) is 3.33. The van der Waals surface area contributed by atoms with Gasteiger partial charge in [-0.15, -0.1) is 0 Å². The van der Waals surface area contributed by atoms with E-state index in [0.717, 1.165) is 11.6 Å². The molecule has 1 heterocycles. The van der Waals surface area contributed by atoms with Crippen LogP contribution >= 0.6 is 0 Å². The van der Waals surface area contributed by atoms with E-state index >= 15 is 0 Å². The number of nitrogens with one attached hydrogen (secondary N) is 1. The highest BCUT2D eigenvalue weighted by molar-refractivity contribution is 5.78. The second kappa shape index (κ2) is 5.59. The predicted molar refractivity (Wildman–Crippen MR) is 71.4 cm³/mol. The highest BCUT2D eigenvalue weighted by Gasteiger charge is 2.33. The number of alkyl halides is 3. The van der Waals surface area contributed by atoms with Gasteiger partial charge >= 0.3 is 6.18 Å². The average Bonchev–Trinajstić information content (AvgIpc) is 2.89. The Morgan fingerprint density at radius 2 is 1.86 bits per heavy atom. The van der Waals surface area contributed by atoms with E-state index in [-0.39, 0.29) is 18.0 Å². The van der Waals surface area contributed by atoms with Crippen molar-refractivity contribution in [2.24, 2.45) is 0 Å². The van der Waals surface area contributed by atoms with Crippen molar-refractivity contribution in [3.05, 3.63) is 41.6 Å². The molecule has 0 saturated heterocycles. The second-order valence-electron chi connectivity index (χ2n) is 4.83. The molecular weight excluding hydrogens is 283 g/mol. The van der Waals surface area contributed by atoms with Gasteiger partial charge in [0, 0.05) is 19.7 Å². The third kappa shape index (κ3) is 3.62. The van der Waals surface area contributed by atoms with Gasteiger partial charge in [0.1, 0.15) is 5.69 Å². The maximum absolute atomic E-state index is 12.5. The van der Waals surface area contributed by atoms with E-state index in [2.05, 4.69) is 5.10 Å². The lowest BCUT2D eigenvalue weighted by Gasteiger charge is -2.10. The van der Waals surface area contributed by atoms with Crippen molar-refractivity contribution in [3.63, 3.8) is 0 Å². The summed E-state index contributed by atoms with van der Waals surface area (Å²) < 4.78 is 37.5. The summed E-state index contributed by atoms with van der Waals surface area (Å²) in [5, 5.41) is 5.62. The van der Waals surface area contributed by atoms with Crippen molar-refractivity contribution < 1.29 is 18.0 Å². The van der Waals surface area contributed by atoms with Crippen molar-refractivity contribution >= 4 is 5.91 Å². The molecule has 1 amide bonds. The monoisotopic (exact) mass is 297 g/mol. The van der Waals surface area contributed by atoms with Gasteiger partial charge in [0.05, 0.1) is 12.1 Å². The Hall–Kier alpha value is -2.31. The van der Waals surface area contributed by atoms with Gasteiger partial charge in [-0.1, -0.05) is 24.3 Å². The maximum Gasteiger partial charge on any atom is 0.432 e. The number of H-pyrrole nitrogens is 1. The zero-order valence-corrected chi connectivity index (χ0v) is 11.5. The molecule has 0 aliphatic heterocycles. The summed E-state index contributed by atoms with van der Waals surface area (Å²) in [5.74, 6) is -0.0399. The Kier molecular flexibility index (Phi) is 4.02. The Bertz CT molecular complexity index is 630. The quantitative estimate of drug-likeness (QED) is 0.947. The van der Waals surface area contributed by atoms with Crippen LogP contribution < -0.4 is 0 Å². The van der Waals surface area contributed by atoms with Crippen LogP contribution in [0.3, 0.4) is 0 Å². The summed E-state index contributed by atoms with van der Waals surface area (Å²) in [4.78, 5) is 13.0. The van der Waals surface area contributed by atoms with E-state index in [4.69, 9.17) is 0 Å². The molecule has 0 unspecified atom stereocenters. The molecule has 21 heavy (non-hydrogen) atoms. The van der Waals surface area contributed by atoms with Gasteiger partial charge in [0.2, 0.25) is 5.91 Å². The largest absolute Gasteiger partial charge is 0.432 e. The SMILES string of the molecule is CN(C)C(=O)Cc1ccc(-c2cc(C(F)(F)F)[nH]n2)cc1. The van der Waals surface area contributed by atoms with Gasteiger partial charge in [-0.3, -0.25) is 9.89 Å². The first-order valence-corrected chi connectivity index (χ1v) is 6.19. The summed E-state index contributed by atoms with van der Waals surface area (Å²) in [6, 6.07) is 7.67. The molecule has 7 heteroatoms. The number of amides is 1. The zero-order valence-electron chi connectivity index (χ0n) is 11.5. The molecule has 0 fully saturated rings. The fourth-order valence-electron chi connectivity index (χ4n) is 1.74. The number of hydrogen-bond acceptors (Lipinski definition) is 2. The van der Waals surface area contributed by atoms with Crippen LogP contribution in [0.1, 0.15) is 11.3 Å². The van der Waals surface area contributed by atoms with Gasteiger partial charge < -0.3 is 4.90 Å². The molecule has 0 aliphatic carbocycles. The molecule has 1 aromatic carbocycles. The molecule has 0 saturated carbocycles. The van der Waals surface area contributed by atoms with Crippen LogP contribution in [0, 0.1) is 0 Å². The fourth-order valence-corrected chi connectivity index (χ4v) is 1.74. The van der Waals surface area contributed by atoms with E-state index in [1.54, 1.807) is 38.4 Å². The lowest BCUT2D eigenvalue weighted by molar-refractivity contribution is -0.141. The van der Waals surface area contributed by atoms with Crippen molar-refractivity contribution in [2.75, 3.05) is 14.1 Å². The summed E-state index contributed by atoms with van der Waals surface area (Å²) >= 11 is 0. The average molecular weight is 297 g/mol. The zero-order chi connectivity index (χ0) is 15.6. The van der Waals surface area contributed by atoms with E-state index in [9.17, 15) is 18.0 Å². The number of hydrogen-bond donors (Lipinski definition) is 1. The minimum absolute atomic E-state index is 0.0399. The normalized spacial score (nSPS) is 11.5. The number of aromatic nitrogens is 2. The summed E-state index contributed by atoms with van der Waals surface area (Å²) in [6.07, 6.45) is -4.19. The van der Waals surface area contributed by atoms with Crippen LogP contribution in [0.15, 0.2) is 30.3 Å². The third-order valence-corrected chi connectivity index (χ3v) is 2.99. The van der Waals surface area contributed by atoms with E-state index < -0.39 is 11.9 Å². The first-order chi connectivity index (χ1) is 9.77. The lowest BCUT2D eigenvalue weighted by atomic mass is 10.1. The molecule has 0 atom stereocenters. The number of nitrogens with zero attached hydrogens (tertiary/aromatic N) is 2. The standard InChI is InChI=1S/C14H14F3N3O/c1-20(2)13(21)7-9-3-5-10(6-4-9)11-8-12(19-18-11)14(15,16)17/h3-6,8H,7H2,1-2H3,(H,18,19). The number of carbonyl (C=O) groups excluding carboxylic acids is 1. The van der Waals surface area contributed by atoms with Crippen LogP contribution in [0.25, 0.3) is 11.3 Å². The van der Waals surface area contributed by atoms with Crippen molar-refractivity contribution in [1.82, 2.24) is 15.1 Å². The highest BCUT2D eigenvalue weighted by Crippen LogP contribution is 2.30. The molecule has 0 aliphatic rings. The lowest BCUT2D eigenvalue weighted by Crippen LogP contribution is -2.23. The van der Waals surface area contributed by atoms with Crippen LogP contribution in [-0.2, 0) is 17.4 Å². The summed E-state index contributed by atoms with van der Waals surface area (Å²) in [6.45, 7) is 0. The molecule has 2 rings (SSSR count). The van der Waals surface area contributed by atoms with Gasteiger partial charge in [-0.05, 0) is 11.6 Å². The molecule has 1 aromatic heterocycles. The Balaban J connectivity index is 2.16. The Morgan fingerprint density at radius 1 is 1.24 bits per heavy atom. The second-order valence-corrected chi connectivity index (χ2v) is 4.83. The first kappa shape index (κ1) is 15.1. The van der Waals surface area contributed by atoms with Gasteiger partial charge in [-0.2, -0.15) is 18.3 Å². The number of halogens is 3. The molecule has 0 spiro atoms. The van der Waals surface area contributed by atoms with Crippen LogP contribution in [0.2, 0.25) is 0 Å². The maximum atomic E-state index is 12.5. The highest BCUT2D eigenvalue weighted by atomic mass is 19.4. The van der Waals surface area contributed by atoms with E-state index in [1.165, 1.54) is 4.90 Å². The van der Waals surface area contributed by atoms with Crippen molar-refractivity contribution in [1.29, 1.82) is 0 Å². The number of likely N-dealkylation sites (N-methyl/N-ethyl adjacent to an activating group) is 1. The minimum atomic E-state index is -4.44. The van der Waals surface area contributed by atoms with Crippen LogP contribution in [0.5, 0.6) is 0 Å². The number of carbonyl (C=O) groups is 1. The molecule has 1 N–H and O–H groups in total. The number of benzene rings is 1. The third-order valence-electron chi connectivity index (χ3n) is 2.99. The molecule has 112 valence electrons. The van der Waals surface area contributed by atoms with Gasteiger partial charge in [0.15, 0.2) is 0 Å². The van der Waals surface area contributed by atoms with Crippen molar-refractivity contribution in [2.45, 2.75) is 12.6 Å². The van der Waals surface area contributed by atoms with Crippen LogP contribution in [0.4, 0.5) is 13.2 Å². The summed E-state index contributed by atoms with van der Waals surface area (Å²) in [5.41, 5.74) is 0.684. The smallest absolute Gasteiger partial charge is 0.349 e. The molecule has 0 bridgehead atoms. The van der Waals surface area contributed by atoms with E-state index in [1.807, 2.05) is 5.10 Å². The topological polar surface area (TPSA) is 49.0 Å². The Morgan fingerprint density at radius 3 is 2.33 bits per heavy atom. The fraction of sp³-hybridized carbons (Fsp3) is 0.286. The molecular formula is C14H14F3N3O. The number of aromatic amines is 1. The van der Waals surface area contributed by atoms with Gasteiger partial charge in [0.25, 0.3) is 0 Å².